The van der Waals surface area contributed by atoms with E-state index in [1.807, 2.05) is 37.3 Å². The Morgan fingerprint density at radius 2 is 2.10 bits per heavy atom. The Labute approximate surface area is 124 Å². The zero-order valence-corrected chi connectivity index (χ0v) is 12.3. The van der Waals surface area contributed by atoms with Gasteiger partial charge in [-0.15, -0.1) is 0 Å². The van der Waals surface area contributed by atoms with Gasteiger partial charge in [0.05, 0.1) is 0 Å². The van der Waals surface area contributed by atoms with Crippen LogP contribution in [0.3, 0.4) is 0 Å². The minimum atomic E-state index is 0.0703. The molecular weight excluding hydrogens is 266 g/mol. The number of hydrogen-bond donors (Lipinski definition) is 1. The third kappa shape index (κ3) is 3.45. The summed E-state index contributed by atoms with van der Waals surface area (Å²) in [5, 5.41) is 4.19. The maximum atomic E-state index is 12.2. The molecular formula is C17H21NO3. The van der Waals surface area contributed by atoms with Crippen LogP contribution in [0.5, 0.6) is 0 Å². The van der Waals surface area contributed by atoms with E-state index in [0.29, 0.717) is 19.6 Å². The highest BCUT2D eigenvalue weighted by atomic mass is 16.5. The molecule has 0 bridgehead atoms. The van der Waals surface area contributed by atoms with Gasteiger partial charge in [0, 0.05) is 37.0 Å². The molecule has 2 heterocycles. The molecule has 1 atom stereocenters. The van der Waals surface area contributed by atoms with Gasteiger partial charge in [-0.3, -0.25) is 4.79 Å². The highest BCUT2D eigenvalue weighted by Gasteiger charge is 2.22. The first kappa shape index (κ1) is 14.1. The lowest BCUT2D eigenvalue weighted by molar-refractivity contribution is -0.128. The third-order valence-electron chi connectivity index (χ3n) is 3.96. The maximum absolute atomic E-state index is 12.2. The summed E-state index contributed by atoms with van der Waals surface area (Å²) in [5.41, 5.74) is 0.899. The van der Waals surface area contributed by atoms with Gasteiger partial charge in [-0.2, -0.15) is 0 Å². The lowest BCUT2D eigenvalue weighted by atomic mass is 9.99. The number of para-hydroxylation sites is 1. The molecule has 21 heavy (non-hydrogen) atoms. The van der Waals surface area contributed by atoms with Crippen LogP contribution in [0.1, 0.15) is 25.5 Å². The Kier molecular flexibility index (Phi) is 4.25. The van der Waals surface area contributed by atoms with Crippen molar-refractivity contribution >= 4 is 16.9 Å². The molecule has 0 radical (unpaired) electrons. The molecule has 3 rings (SSSR count). The van der Waals surface area contributed by atoms with Crippen molar-refractivity contribution in [2.75, 3.05) is 13.2 Å². The summed E-state index contributed by atoms with van der Waals surface area (Å²) in [4.78, 5) is 12.2. The average molecular weight is 287 g/mol. The van der Waals surface area contributed by atoms with Crippen molar-refractivity contribution in [3.05, 3.63) is 36.1 Å². The Balaban J connectivity index is 1.57. The maximum Gasteiger partial charge on any atom is 0.223 e. The second kappa shape index (κ2) is 6.31. The second-order valence-electron chi connectivity index (χ2n) is 5.75. The van der Waals surface area contributed by atoms with Crippen molar-refractivity contribution in [2.24, 2.45) is 5.92 Å². The van der Waals surface area contributed by atoms with Gasteiger partial charge in [-0.05, 0) is 31.9 Å². The van der Waals surface area contributed by atoms with Crippen LogP contribution in [0.15, 0.2) is 34.7 Å². The van der Waals surface area contributed by atoms with Crippen LogP contribution in [-0.4, -0.2) is 25.2 Å². The Hall–Kier alpha value is -1.81. The van der Waals surface area contributed by atoms with Crippen molar-refractivity contribution in [1.82, 2.24) is 5.32 Å². The number of nitrogens with one attached hydrogen (secondary N) is 1. The highest BCUT2D eigenvalue weighted by molar-refractivity contribution is 5.79. The monoisotopic (exact) mass is 287 g/mol. The van der Waals surface area contributed by atoms with Gasteiger partial charge >= 0.3 is 0 Å². The first-order chi connectivity index (χ1) is 10.2. The van der Waals surface area contributed by atoms with Gasteiger partial charge in [0.15, 0.2) is 0 Å². The summed E-state index contributed by atoms with van der Waals surface area (Å²) < 4.78 is 11.1. The molecule has 4 nitrogen and oxygen atoms in total. The molecule has 1 aromatic carbocycles. The Morgan fingerprint density at radius 3 is 2.86 bits per heavy atom. The quantitative estimate of drug-likeness (QED) is 0.940. The minimum absolute atomic E-state index is 0.0703. The van der Waals surface area contributed by atoms with Crippen molar-refractivity contribution in [3.63, 3.8) is 0 Å². The first-order valence-electron chi connectivity index (χ1n) is 7.58. The van der Waals surface area contributed by atoms with Crippen LogP contribution < -0.4 is 5.32 Å². The number of hydrogen-bond acceptors (Lipinski definition) is 3. The summed E-state index contributed by atoms with van der Waals surface area (Å²) in [7, 11) is 0. The van der Waals surface area contributed by atoms with Crippen LogP contribution in [0.25, 0.3) is 11.0 Å². The van der Waals surface area contributed by atoms with E-state index in [9.17, 15) is 4.79 Å². The molecule has 112 valence electrons. The van der Waals surface area contributed by atoms with Gasteiger partial charge in [0.25, 0.3) is 0 Å². The SMILES string of the molecule is C[C@@H](Cc1cc2ccccc2o1)NC(=O)C1CCOCC1. The minimum Gasteiger partial charge on any atom is -0.461 e. The molecule has 0 unspecified atom stereocenters. The predicted octanol–water partition coefficient (Wildman–Crippen LogP) is 2.91. The van der Waals surface area contributed by atoms with E-state index < -0.39 is 0 Å². The van der Waals surface area contributed by atoms with Crippen LogP contribution in [0.2, 0.25) is 0 Å². The van der Waals surface area contributed by atoms with Gasteiger partial charge in [-0.1, -0.05) is 18.2 Å². The van der Waals surface area contributed by atoms with E-state index in [-0.39, 0.29) is 17.9 Å². The molecule has 4 heteroatoms. The first-order valence-corrected chi connectivity index (χ1v) is 7.58. The standard InChI is InChI=1S/C17H21NO3/c1-12(18-17(19)13-6-8-20-9-7-13)10-15-11-14-4-2-3-5-16(14)21-15/h2-5,11-13H,6-10H2,1H3,(H,18,19)/t12-/m0/s1. The number of rotatable bonds is 4. The number of amides is 1. The molecule has 2 aromatic rings. The fourth-order valence-corrected chi connectivity index (χ4v) is 2.81. The number of furan rings is 1. The molecule has 1 fully saturated rings. The molecule has 1 aliphatic heterocycles. The smallest absolute Gasteiger partial charge is 0.223 e. The molecule has 1 aromatic heterocycles. The molecule has 1 amide bonds. The average Bonchev–Trinajstić information content (AvgIpc) is 2.90. The second-order valence-corrected chi connectivity index (χ2v) is 5.75. The summed E-state index contributed by atoms with van der Waals surface area (Å²) in [5.74, 6) is 1.15. The third-order valence-corrected chi connectivity index (χ3v) is 3.96. The molecule has 0 saturated carbocycles. The fraction of sp³-hybridized carbons (Fsp3) is 0.471. The van der Waals surface area contributed by atoms with Gasteiger partial charge in [-0.25, -0.2) is 0 Å². The van der Waals surface area contributed by atoms with E-state index in [2.05, 4.69) is 5.32 Å². The van der Waals surface area contributed by atoms with Crippen molar-refractivity contribution in [3.8, 4) is 0 Å². The largest absolute Gasteiger partial charge is 0.461 e. The van der Waals surface area contributed by atoms with E-state index >= 15 is 0 Å². The molecule has 0 aliphatic carbocycles. The van der Waals surface area contributed by atoms with E-state index in [0.717, 1.165) is 29.6 Å². The zero-order chi connectivity index (χ0) is 14.7. The lowest BCUT2D eigenvalue weighted by Gasteiger charge is -2.23. The summed E-state index contributed by atoms with van der Waals surface area (Å²) >= 11 is 0. The summed E-state index contributed by atoms with van der Waals surface area (Å²) in [6.07, 6.45) is 2.36. The van der Waals surface area contributed by atoms with Crippen LogP contribution >= 0.6 is 0 Å². The van der Waals surface area contributed by atoms with E-state index in [4.69, 9.17) is 9.15 Å². The Morgan fingerprint density at radius 1 is 1.33 bits per heavy atom. The summed E-state index contributed by atoms with van der Waals surface area (Å²) in [6.45, 7) is 3.40. The number of carbonyl (C=O) groups excluding carboxylic acids is 1. The number of ether oxygens (including phenoxy) is 1. The van der Waals surface area contributed by atoms with E-state index in [1.165, 1.54) is 0 Å². The van der Waals surface area contributed by atoms with E-state index in [1.54, 1.807) is 0 Å². The number of benzene rings is 1. The topological polar surface area (TPSA) is 51.5 Å². The Bertz CT molecular complexity index is 580. The summed E-state index contributed by atoms with van der Waals surface area (Å²) in [6, 6.07) is 10.1. The normalized spacial score (nSPS) is 17.8. The van der Waals surface area contributed by atoms with Crippen molar-refractivity contribution in [1.29, 1.82) is 0 Å². The number of fused-ring (bicyclic) bond motifs is 1. The van der Waals surface area contributed by atoms with Crippen molar-refractivity contribution in [2.45, 2.75) is 32.2 Å². The molecule has 1 aliphatic rings. The van der Waals surface area contributed by atoms with Crippen LogP contribution in [0, 0.1) is 5.92 Å². The van der Waals surface area contributed by atoms with Gasteiger partial charge in [0.2, 0.25) is 5.91 Å². The zero-order valence-electron chi connectivity index (χ0n) is 12.3. The van der Waals surface area contributed by atoms with Crippen molar-refractivity contribution < 1.29 is 13.9 Å². The van der Waals surface area contributed by atoms with Crippen LogP contribution in [-0.2, 0) is 16.0 Å². The fourth-order valence-electron chi connectivity index (χ4n) is 2.81. The van der Waals surface area contributed by atoms with Crippen LogP contribution in [0.4, 0.5) is 0 Å². The molecule has 1 N–H and O–H groups in total. The predicted molar refractivity (Wildman–Crippen MR) is 81.1 cm³/mol. The lowest BCUT2D eigenvalue weighted by Crippen LogP contribution is -2.40. The van der Waals surface area contributed by atoms with Gasteiger partial charge < -0.3 is 14.5 Å². The molecule has 1 saturated heterocycles. The number of carbonyl (C=O) groups is 1. The molecule has 0 spiro atoms. The van der Waals surface area contributed by atoms with Gasteiger partial charge in [0.1, 0.15) is 11.3 Å². The highest BCUT2D eigenvalue weighted by Crippen LogP contribution is 2.20.